The lowest BCUT2D eigenvalue weighted by atomic mass is 9.71. The maximum Gasteiger partial charge on any atom is 0.407 e. The molecule has 1 fully saturated rings. The Hall–Kier alpha value is -2.09. The molecule has 1 saturated carbocycles. The third kappa shape index (κ3) is 3.97. The Morgan fingerprint density at radius 1 is 1.41 bits per heavy atom. The van der Waals surface area contributed by atoms with Crippen molar-refractivity contribution in [2.45, 2.75) is 63.5 Å². The molecule has 0 spiro atoms. The van der Waals surface area contributed by atoms with E-state index in [1.54, 1.807) is 6.20 Å². The summed E-state index contributed by atoms with van der Waals surface area (Å²) in [5.41, 5.74) is -0.204. The Bertz CT molecular complexity index is 550. The number of rotatable bonds is 2. The maximum absolute atomic E-state index is 11.8. The van der Waals surface area contributed by atoms with Crippen LogP contribution in [-0.4, -0.2) is 22.7 Å². The molecule has 1 aromatic heterocycles. The minimum absolute atomic E-state index is 0.0556. The Balaban J connectivity index is 1.95. The van der Waals surface area contributed by atoms with Crippen LogP contribution in [0.3, 0.4) is 0 Å². The molecule has 0 aromatic carbocycles. The summed E-state index contributed by atoms with van der Waals surface area (Å²) in [6, 6.07) is 8.16. The molecule has 0 radical (unpaired) electrons. The first-order valence-electron chi connectivity index (χ1n) is 7.67. The summed E-state index contributed by atoms with van der Waals surface area (Å²) < 4.78 is 5.28. The molecule has 1 N–H and O–H groups in total. The standard InChI is InChI=1S/C17H23N3O2/c1-16(2,3)22-15(21)20-13-7-9-17(12-18,10-8-13)14-6-4-5-11-19-14/h4-6,11,13H,7-10H2,1-3H3,(H,20,21). The molecule has 0 unspecified atom stereocenters. The molecule has 1 amide bonds. The summed E-state index contributed by atoms with van der Waals surface area (Å²) in [6.07, 6.45) is 4.23. The molecule has 0 atom stereocenters. The molecular weight excluding hydrogens is 278 g/mol. The summed E-state index contributed by atoms with van der Waals surface area (Å²) in [5.74, 6) is 0. The van der Waals surface area contributed by atoms with Crippen LogP contribution in [0.5, 0.6) is 0 Å². The van der Waals surface area contributed by atoms with Gasteiger partial charge in [0.05, 0.1) is 17.2 Å². The van der Waals surface area contributed by atoms with Crippen LogP contribution in [0, 0.1) is 11.3 Å². The third-order valence-corrected chi connectivity index (χ3v) is 3.93. The van der Waals surface area contributed by atoms with Crippen LogP contribution in [0.2, 0.25) is 0 Å². The predicted molar refractivity (Wildman–Crippen MR) is 83.2 cm³/mol. The topological polar surface area (TPSA) is 75.0 Å². The van der Waals surface area contributed by atoms with E-state index in [-0.39, 0.29) is 12.1 Å². The van der Waals surface area contributed by atoms with Crippen molar-refractivity contribution in [2.24, 2.45) is 0 Å². The summed E-state index contributed by atoms with van der Waals surface area (Å²) in [7, 11) is 0. The quantitative estimate of drug-likeness (QED) is 0.909. The molecule has 0 saturated heterocycles. The number of nitrogens with one attached hydrogen (secondary N) is 1. The van der Waals surface area contributed by atoms with Gasteiger partial charge >= 0.3 is 6.09 Å². The molecule has 1 aliphatic carbocycles. The van der Waals surface area contributed by atoms with Crippen LogP contribution in [0.15, 0.2) is 24.4 Å². The van der Waals surface area contributed by atoms with Gasteiger partial charge in [-0.2, -0.15) is 5.26 Å². The van der Waals surface area contributed by atoms with Crippen molar-refractivity contribution in [1.29, 1.82) is 5.26 Å². The largest absolute Gasteiger partial charge is 0.444 e. The number of alkyl carbamates (subject to hydrolysis) is 1. The highest BCUT2D eigenvalue weighted by molar-refractivity contribution is 5.68. The van der Waals surface area contributed by atoms with E-state index in [1.165, 1.54) is 0 Å². The average molecular weight is 301 g/mol. The number of hydrogen-bond donors (Lipinski definition) is 1. The van der Waals surface area contributed by atoms with Gasteiger partial charge in [0.2, 0.25) is 0 Å². The zero-order valence-electron chi connectivity index (χ0n) is 13.4. The van der Waals surface area contributed by atoms with Crippen LogP contribution < -0.4 is 5.32 Å². The Labute approximate surface area is 131 Å². The van der Waals surface area contributed by atoms with Gasteiger partial charge in [-0.05, 0) is 58.6 Å². The van der Waals surface area contributed by atoms with Crippen molar-refractivity contribution < 1.29 is 9.53 Å². The monoisotopic (exact) mass is 301 g/mol. The molecule has 2 rings (SSSR count). The van der Waals surface area contributed by atoms with E-state index in [2.05, 4.69) is 16.4 Å². The van der Waals surface area contributed by atoms with Gasteiger partial charge in [-0.25, -0.2) is 4.79 Å². The van der Waals surface area contributed by atoms with E-state index >= 15 is 0 Å². The van der Waals surface area contributed by atoms with E-state index < -0.39 is 11.0 Å². The third-order valence-electron chi connectivity index (χ3n) is 3.93. The van der Waals surface area contributed by atoms with Crippen LogP contribution in [0.25, 0.3) is 0 Å². The van der Waals surface area contributed by atoms with Crippen LogP contribution >= 0.6 is 0 Å². The molecule has 118 valence electrons. The lowest BCUT2D eigenvalue weighted by molar-refractivity contribution is 0.0487. The lowest BCUT2D eigenvalue weighted by Crippen LogP contribution is -2.43. The maximum atomic E-state index is 11.8. The number of hydrogen-bond acceptors (Lipinski definition) is 4. The molecule has 1 aromatic rings. The zero-order valence-corrected chi connectivity index (χ0v) is 13.4. The second-order valence-electron chi connectivity index (χ2n) is 6.83. The highest BCUT2D eigenvalue weighted by atomic mass is 16.6. The van der Waals surface area contributed by atoms with Crippen molar-refractivity contribution in [3.8, 4) is 6.07 Å². The highest BCUT2D eigenvalue weighted by Crippen LogP contribution is 2.38. The fourth-order valence-electron chi connectivity index (χ4n) is 2.80. The van der Waals surface area contributed by atoms with Crippen LogP contribution in [0.1, 0.15) is 52.1 Å². The zero-order chi connectivity index (χ0) is 16.2. The van der Waals surface area contributed by atoms with Gasteiger partial charge in [0.25, 0.3) is 0 Å². The molecule has 0 bridgehead atoms. The molecular formula is C17H23N3O2. The second-order valence-corrected chi connectivity index (χ2v) is 6.83. The number of nitriles is 1. The molecule has 1 heterocycles. The molecule has 22 heavy (non-hydrogen) atoms. The van der Waals surface area contributed by atoms with Crippen molar-refractivity contribution in [3.63, 3.8) is 0 Å². The predicted octanol–water partition coefficient (Wildman–Crippen LogP) is 3.31. The van der Waals surface area contributed by atoms with Gasteiger partial charge in [0, 0.05) is 12.2 Å². The summed E-state index contributed by atoms with van der Waals surface area (Å²) in [6.45, 7) is 5.53. The lowest BCUT2D eigenvalue weighted by Gasteiger charge is -2.35. The number of aromatic nitrogens is 1. The summed E-state index contributed by atoms with van der Waals surface area (Å²) in [5, 5.41) is 12.5. The van der Waals surface area contributed by atoms with E-state index in [1.807, 2.05) is 39.0 Å². The normalized spacial score (nSPS) is 25.1. The minimum Gasteiger partial charge on any atom is -0.444 e. The van der Waals surface area contributed by atoms with E-state index in [9.17, 15) is 10.1 Å². The number of carbonyl (C=O) groups is 1. The van der Waals surface area contributed by atoms with Gasteiger partial charge < -0.3 is 10.1 Å². The van der Waals surface area contributed by atoms with Gasteiger partial charge in [-0.15, -0.1) is 0 Å². The van der Waals surface area contributed by atoms with Gasteiger partial charge in [-0.3, -0.25) is 4.98 Å². The summed E-state index contributed by atoms with van der Waals surface area (Å²) >= 11 is 0. The second kappa shape index (κ2) is 6.35. The average Bonchev–Trinajstić information content (AvgIpc) is 2.47. The summed E-state index contributed by atoms with van der Waals surface area (Å²) in [4.78, 5) is 16.2. The van der Waals surface area contributed by atoms with Gasteiger partial charge in [0.15, 0.2) is 0 Å². The number of nitrogens with zero attached hydrogens (tertiary/aromatic N) is 2. The van der Waals surface area contributed by atoms with Crippen molar-refractivity contribution in [3.05, 3.63) is 30.1 Å². The molecule has 0 aliphatic heterocycles. The Kier molecular flexibility index (Phi) is 4.70. The van der Waals surface area contributed by atoms with Crippen LogP contribution in [0.4, 0.5) is 4.79 Å². The number of carbonyl (C=O) groups excluding carboxylic acids is 1. The highest BCUT2D eigenvalue weighted by Gasteiger charge is 2.38. The van der Waals surface area contributed by atoms with Crippen molar-refractivity contribution in [2.75, 3.05) is 0 Å². The minimum atomic E-state index is -0.534. The van der Waals surface area contributed by atoms with Gasteiger partial charge in [-0.1, -0.05) is 6.07 Å². The first kappa shape index (κ1) is 16.3. The van der Waals surface area contributed by atoms with Crippen LogP contribution in [-0.2, 0) is 10.2 Å². The molecule has 5 nitrogen and oxygen atoms in total. The van der Waals surface area contributed by atoms with E-state index in [0.717, 1.165) is 18.5 Å². The van der Waals surface area contributed by atoms with E-state index in [0.29, 0.717) is 12.8 Å². The Morgan fingerprint density at radius 2 is 2.09 bits per heavy atom. The molecule has 1 aliphatic rings. The first-order chi connectivity index (χ1) is 10.3. The fourth-order valence-corrected chi connectivity index (χ4v) is 2.80. The van der Waals surface area contributed by atoms with Crippen molar-refractivity contribution >= 4 is 6.09 Å². The first-order valence-corrected chi connectivity index (χ1v) is 7.67. The number of ether oxygens (including phenoxy) is 1. The number of pyridine rings is 1. The smallest absolute Gasteiger partial charge is 0.407 e. The van der Waals surface area contributed by atoms with Gasteiger partial charge in [0.1, 0.15) is 5.60 Å². The number of amides is 1. The SMILES string of the molecule is CC(C)(C)OC(=O)NC1CCC(C#N)(c2ccccn2)CC1. The van der Waals surface area contributed by atoms with Crippen molar-refractivity contribution in [1.82, 2.24) is 10.3 Å². The molecule has 5 heteroatoms. The Morgan fingerprint density at radius 3 is 2.59 bits per heavy atom. The van der Waals surface area contributed by atoms with E-state index in [4.69, 9.17) is 4.74 Å². The fraction of sp³-hybridized carbons (Fsp3) is 0.588.